The molecule has 1 atom stereocenters. The van der Waals surface area contributed by atoms with Gasteiger partial charge in [-0.3, -0.25) is 0 Å². The first-order valence-corrected chi connectivity index (χ1v) is 7.75. The lowest BCUT2D eigenvalue weighted by Crippen LogP contribution is -2.39. The van der Waals surface area contributed by atoms with Crippen LogP contribution < -0.4 is 5.32 Å². The highest BCUT2D eigenvalue weighted by molar-refractivity contribution is 5.57. The van der Waals surface area contributed by atoms with Gasteiger partial charge in [-0.2, -0.15) is 0 Å². The Bertz CT molecular complexity index is 556. The molecule has 1 aromatic carbocycles. The smallest absolute Gasteiger partial charge is 0.134 e. The molecule has 1 aromatic heterocycles. The van der Waals surface area contributed by atoms with Crippen molar-refractivity contribution in [3.8, 4) is 11.3 Å². The van der Waals surface area contributed by atoms with Gasteiger partial charge in [0.25, 0.3) is 0 Å². The topological polar surface area (TPSA) is 28.4 Å². The molecule has 1 saturated carbocycles. The number of nitrogens with one attached hydrogen (secondary N) is 1. The maximum absolute atomic E-state index is 5.91. The van der Waals surface area contributed by atoms with E-state index in [4.69, 9.17) is 4.42 Å². The molecule has 1 aliphatic rings. The summed E-state index contributed by atoms with van der Waals surface area (Å²) in [4.78, 5) is 2.34. The van der Waals surface area contributed by atoms with Crippen LogP contribution in [0.15, 0.2) is 46.9 Å². The third kappa shape index (κ3) is 3.74. The van der Waals surface area contributed by atoms with E-state index in [0.717, 1.165) is 36.1 Å². The lowest BCUT2D eigenvalue weighted by atomic mass is 10.1. The van der Waals surface area contributed by atoms with Crippen LogP contribution in [0.5, 0.6) is 0 Å². The van der Waals surface area contributed by atoms with Gasteiger partial charge in [0.15, 0.2) is 0 Å². The van der Waals surface area contributed by atoms with Crippen LogP contribution in [0.3, 0.4) is 0 Å². The molecule has 3 heteroatoms. The first-order valence-electron chi connectivity index (χ1n) is 7.75. The highest BCUT2D eigenvalue weighted by Gasteiger charge is 2.32. The summed E-state index contributed by atoms with van der Waals surface area (Å²) < 4.78 is 5.91. The Kier molecular flexibility index (Phi) is 4.42. The standard InChI is InChI=1S/C18H24N2O/c1-20(2)17(14-8-9-14)13-19-12-16-10-11-18(21-16)15-6-4-3-5-7-15/h3-7,10-11,14,17,19H,8-9,12-13H2,1-2H3. The van der Waals surface area contributed by atoms with Gasteiger partial charge in [0.2, 0.25) is 0 Å². The zero-order valence-corrected chi connectivity index (χ0v) is 12.9. The molecule has 1 unspecified atom stereocenters. The molecule has 0 aliphatic heterocycles. The molecule has 1 fully saturated rings. The summed E-state index contributed by atoms with van der Waals surface area (Å²) in [5.41, 5.74) is 1.13. The zero-order valence-electron chi connectivity index (χ0n) is 12.9. The van der Waals surface area contributed by atoms with Crippen LogP contribution in [0.4, 0.5) is 0 Å². The third-order valence-corrected chi connectivity index (χ3v) is 4.20. The Morgan fingerprint density at radius 3 is 2.57 bits per heavy atom. The van der Waals surface area contributed by atoms with Gasteiger partial charge in [0.05, 0.1) is 6.54 Å². The summed E-state index contributed by atoms with van der Waals surface area (Å²) in [6.07, 6.45) is 2.76. The first kappa shape index (κ1) is 14.4. The monoisotopic (exact) mass is 284 g/mol. The van der Waals surface area contributed by atoms with E-state index in [9.17, 15) is 0 Å². The van der Waals surface area contributed by atoms with Crippen LogP contribution in [0.2, 0.25) is 0 Å². The van der Waals surface area contributed by atoms with Gasteiger partial charge in [0.1, 0.15) is 11.5 Å². The van der Waals surface area contributed by atoms with Gasteiger partial charge in [-0.15, -0.1) is 0 Å². The second kappa shape index (κ2) is 6.46. The molecule has 0 spiro atoms. The van der Waals surface area contributed by atoms with Gasteiger partial charge in [-0.25, -0.2) is 0 Å². The Morgan fingerprint density at radius 2 is 1.90 bits per heavy atom. The summed E-state index contributed by atoms with van der Waals surface area (Å²) in [7, 11) is 4.34. The molecule has 2 aromatic rings. The molecule has 0 radical (unpaired) electrons. The van der Waals surface area contributed by atoms with Gasteiger partial charge < -0.3 is 14.6 Å². The quantitative estimate of drug-likeness (QED) is 0.845. The molecule has 1 aliphatic carbocycles. The van der Waals surface area contributed by atoms with Crippen LogP contribution in [0.1, 0.15) is 18.6 Å². The predicted molar refractivity (Wildman–Crippen MR) is 86.0 cm³/mol. The fourth-order valence-corrected chi connectivity index (χ4v) is 2.83. The minimum Gasteiger partial charge on any atom is -0.460 e. The molecule has 1 heterocycles. The highest BCUT2D eigenvalue weighted by atomic mass is 16.3. The summed E-state index contributed by atoms with van der Waals surface area (Å²) in [6, 6.07) is 15.0. The number of hydrogen-bond acceptors (Lipinski definition) is 3. The van der Waals surface area contributed by atoms with Crippen LogP contribution in [0, 0.1) is 5.92 Å². The zero-order chi connectivity index (χ0) is 14.7. The third-order valence-electron chi connectivity index (χ3n) is 4.20. The highest BCUT2D eigenvalue weighted by Crippen LogP contribution is 2.34. The van der Waals surface area contributed by atoms with E-state index >= 15 is 0 Å². The van der Waals surface area contributed by atoms with Crippen molar-refractivity contribution in [3.63, 3.8) is 0 Å². The Morgan fingerprint density at radius 1 is 1.14 bits per heavy atom. The number of rotatable bonds is 7. The number of benzene rings is 1. The summed E-state index contributed by atoms with van der Waals surface area (Å²) in [6.45, 7) is 1.82. The maximum Gasteiger partial charge on any atom is 0.134 e. The van der Waals surface area contributed by atoms with Gasteiger partial charge in [0, 0.05) is 18.2 Å². The molecule has 3 nitrogen and oxygen atoms in total. The van der Waals surface area contributed by atoms with Crippen molar-refractivity contribution < 1.29 is 4.42 Å². The van der Waals surface area contributed by atoms with Crippen LogP contribution in [-0.4, -0.2) is 31.6 Å². The maximum atomic E-state index is 5.91. The van der Waals surface area contributed by atoms with Crippen molar-refractivity contribution in [1.82, 2.24) is 10.2 Å². The van der Waals surface area contributed by atoms with Crippen molar-refractivity contribution in [1.29, 1.82) is 0 Å². The van der Waals surface area contributed by atoms with Crippen molar-refractivity contribution in [2.75, 3.05) is 20.6 Å². The molecule has 3 rings (SSSR count). The number of likely N-dealkylation sites (N-methyl/N-ethyl adjacent to an activating group) is 1. The molecule has 1 N–H and O–H groups in total. The van der Waals surface area contributed by atoms with Crippen LogP contribution in [0.25, 0.3) is 11.3 Å². The normalized spacial score (nSPS) is 16.3. The second-order valence-corrected chi connectivity index (χ2v) is 6.13. The SMILES string of the molecule is CN(C)C(CNCc1ccc(-c2ccccc2)o1)C1CC1. The van der Waals surface area contributed by atoms with Gasteiger partial charge >= 0.3 is 0 Å². The predicted octanol–water partition coefficient (Wildman–Crippen LogP) is 3.38. The molecular formula is C18H24N2O. The van der Waals surface area contributed by atoms with E-state index in [2.05, 4.69) is 48.6 Å². The Hall–Kier alpha value is -1.58. The number of nitrogens with zero attached hydrogens (tertiary/aromatic N) is 1. The molecule has 0 amide bonds. The number of furan rings is 1. The molecular weight excluding hydrogens is 260 g/mol. The summed E-state index contributed by atoms with van der Waals surface area (Å²) in [5.74, 6) is 2.82. The molecule has 0 saturated heterocycles. The minimum absolute atomic E-state index is 0.647. The Balaban J connectivity index is 1.53. The van der Waals surface area contributed by atoms with Gasteiger partial charge in [-0.1, -0.05) is 30.3 Å². The average Bonchev–Trinajstić information content (AvgIpc) is 3.22. The van der Waals surface area contributed by atoms with Crippen molar-refractivity contribution >= 4 is 0 Å². The largest absolute Gasteiger partial charge is 0.460 e. The number of hydrogen-bond donors (Lipinski definition) is 1. The molecule has 21 heavy (non-hydrogen) atoms. The Labute approximate surface area is 127 Å². The lowest BCUT2D eigenvalue weighted by molar-refractivity contribution is 0.253. The average molecular weight is 284 g/mol. The van der Waals surface area contributed by atoms with Crippen LogP contribution >= 0.6 is 0 Å². The van der Waals surface area contributed by atoms with E-state index < -0.39 is 0 Å². The lowest BCUT2D eigenvalue weighted by Gasteiger charge is -2.24. The summed E-state index contributed by atoms with van der Waals surface area (Å²) in [5, 5.41) is 3.53. The van der Waals surface area contributed by atoms with Crippen LogP contribution in [-0.2, 0) is 6.54 Å². The van der Waals surface area contributed by atoms with Gasteiger partial charge in [-0.05, 0) is 45.0 Å². The molecule has 0 bridgehead atoms. The van der Waals surface area contributed by atoms with E-state index in [1.165, 1.54) is 12.8 Å². The summed E-state index contributed by atoms with van der Waals surface area (Å²) >= 11 is 0. The minimum atomic E-state index is 0.647. The fourth-order valence-electron chi connectivity index (χ4n) is 2.83. The van der Waals surface area contributed by atoms with Crippen molar-refractivity contribution in [2.24, 2.45) is 5.92 Å². The first-order chi connectivity index (χ1) is 10.2. The molecule has 112 valence electrons. The fraction of sp³-hybridized carbons (Fsp3) is 0.444. The van der Waals surface area contributed by atoms with E-state index in [-0.39, 0.29) is 0 Å². The second-order valence-electron chi connectivity index (χ2n) is 6.13. The van der Waals surface area contributed by atoms with E-state index in [1.807, 2.05) is 18.2 Å². The van der Waals surface area contributed by atoms with Crippen molar-refractivity contribution in [2.45, 2.75) is 25.4 Å². The van der Waals surface area contributed by atoms with E-state index in [0.29, 0.717) is 6.04 Å². The van der Waals surface area contributed by atoms with E-state index in [1.54, 1.807) is 0 Å². The van der Waals surface area contributed by atoms with Crippen molar-refractivity contribution in [3.05, 3.63) is 48.2 Å².